The van der Waals surface area contributed by atoms with Crippen LogP contribution in [0.4, 0.5) is 0 Å². The van der Waals surface area contributed by atoms with Crippen molar-refractivity contribution >= 4 is 16.9 Å². The summed E-state index contributed by atoms with van der Waals surface area (Å²) in [5.41, 5.74) is 0.850. The van der Waals surface area contributed by atoms with E-state index in [9.17, 15) is 5.11 Å². The predicted molar refractivity (Wildman–Crippen MR) is 48.3 cm³/mol. The first kappa shape index (κ1) is 8.46. The average molecular weight is 171 g/mol. The highest BCUT2D eigenvalue weighted by molar-refractivity contribution is 8.13. The third-order valence-electron chi connectivity index (χ3n) is 1.44. The molecule has 0 amide bonds. The van der Waals surface area contributed by atoms with Gasteiger partial charge in [0.25, 0.3) is 0 Å². The zero-order valence-corrected chi connectivity index (χ0v) is 7.40. The van der Waals surface area contributed by atoms with Crippen LogP contribution in [0.1, 0.15) is 13.3 Å². The molecule has 1 aliphatic heterocycles. The van der Waals surface area contributed by atoms with E-state index in [1.165, 1.54) is 11.8 Å². The molecule has 0 spiro atoms. The van der Waals surface area contributed by atoms with E-state index < -0.39 is 0 Å². The van der Waals surface area contributed by atoms with E-state index in [1.807, 2.05) is 13.2 Å². The van der Waals surface area contributed by atoms with Gasteiger partial charge in [0.05, 0.1) is 6.54 Å². The maximum absolute atomic E-state index is 9.28. The standard InChI is InChI=1S/C7H11N2OS/c1-3-5-4-8-7(11-2)9-6(5)10/h4,10H,3H2,1-2H3,(H,8,9). The summed E-state index contributed by atoms with van der Waals surface area (Å²) in [5, 5.41) is 13.0. The SMILES string of the molecule is CCC1=C(O)N=C(SC)N[CH]1. The first-order valence-corrected chi connectivity index (χ1v) is 4.65. The number of nitrogens with one attached hydrogen (secondary N) is 1. The third-order valence-corrected chi connectivity index (χ3v) is 2.03. The quantitative estimate of drug-likeness (QED) is 0.630. The van der Waals surface area contributed by atoms with Crippen molar-refractivity contribution in [1.82, 2.24) is 5.32 Å². The Balaban J connectivity index is 2.76. The molecular formula is C7H11N2OS. The average Bonchev–Trinajstić information content (AvgIpc) is 2.04. The number of hydrogen-bond acceptors (Lipinski definition) is 4. The Bertz CT molecular complexity index is 210. The van der Waals surface area contributed by atoms with Crippen molar-refractivity contribution in [3.8, 4) is 0 Å². The lowest BCUT2D eigenvalue weighted by Crippen LogP contribution is -2.22. The molecule has 0 aliphatic carbocycles. The van der Waals surface area contributed by atoms with Crippen LogP contribution >= 0.6 is 11.8 Å². The zero-order valence-electron chi connectivity index (χ0n) is 6.59. The van der Waals surface area contributed by atoms with Crippen molar-refractivity contribution in [3.63, 3.8) is 0 Å². The maximum atomic E-state index is 9.28. The Morgan fingerprint density at radius 2 is 2.45 bits per heavy atom. The van der Waals surface area contributed by atoms with Gasteiger partial charge < -0.3 is 10.4 Å². The molecule has 1 rings (SSSR count). The normalized spacial score (nSPS) is 17.8. The van der Waals surface area contributed by atoms with Crippen LogP contribution in [0.3, 0.4) is 0 Å². The van der Waals surface area contributed by atoms with Crippen molar-refractivity contribution in [3.05, 3.63) is 18.0 Å². The molecule has 0 saturated heterocycles. The van der Waals surface area contributed by atoms with Crippen LogP contribution in [0.5, 0.6) is 0 Å². The van der Waals surface area contributed by atoms with E-state index in [4.69, 9.17) is 0 Å². The van der Waals surface area contributed by atoms with Crippen LogP contribution in [0.2, 0.25) is 0 Å². The van der Waals surface area contributed by atoms with Crippen LogP contribution in [0.15, 0.2) is 16.4 Å². The summed E-state index contributed by atoms with van der Waals surface area (Å²) >= 11 is 1.48. The molecule has 61 valence electrons. The molecule has 1 heterocycles. The maximum Gasteiger partial charge on any atom is 0.214 e. The van der Waals surface area contributed by atoms with E-state index in [0.29, 0.717) is 0 Å². The Labute approximate surface area is 70.6 Å². The van der Waals surface area contributed by atoms with Gasteiger partial charge >= 0.3 is 0 Å². The van der Waals surface area contributed by atoms with Crippen molar-refractivity contribution in [2.24, 2.45) is 4.99 Å². The molecule has 4 heteroatoms. The van der Waals surface area contributed by atoms with Crippen molar-refractivity contribution in [2.75, 3.05) is 6.26 Å². The molecule has 0 bridgehead atoms. The van der Waals surface area contributed by atoms with Gasteiger partial charge in [-0.25, -0.2) is 0 Å². The molecule has 0 aromatic heterocycles. The van der Waals surface area contributed by atoms with Crippen molar-refractivity contribution in [1.29, 1.82) is 0 Å². The molecular weight excluding hydrogens is 160 g/mol. The highest BCUT2D eigenvalue weighted by atomic mass is 32.2. The number of rotatable bonds is 1. The highest BCUT2D eigenvalue weighted by Crippen LogP contribution is 2.15. The topological polar surface area (TPSA) is 44.6 Å². The Hall–Kier alpha value is -0.640. The van der Waals surface area contributed by atoms with Gasteiger partial charge in [-0.1, -0.05) is 18.7 Å². The molecule has 0 fully saturated rings. The minimum atomic E-state index is 0.135. The Morgan fingerprint density at radius 1 is 1.73 bits per heavy atom. The van der Waals surface area contributed by atoms with Gasteiger partial charge in [0.1, 0.15) is 0 Å². The summed E-state index contributed by atoms with van der Waals surface area (Å²) in [7, 11) is 0. The second-order valence-corrected chi connectivity index (χ2v) is 2.91. The van der Waals surface area contributed by atoms with Gasteiger partial charge in [-0.3, -0.25) is 0 Å². The van der Waals surface area contributed by atoms with Gasteiger partial charge in [-0.05, 0) is 12.7 Å². The van der Waals surface area contributed by atoms with Crippen molar-refractivity contribution < 1.29 is 5.11 Å². The van der Waals surface area contributed by atoms with E-state index in [1.54, 1.807) is 6.54 Å². The number of aliphatic imine (C=N–C) groups is 1. The van der Waals surface area contributed by atoms with Gasteiger partial charge in [0, 0.05) is 5.57 Å². The summed E-state index contributed by atoms with van der Waals surface area (Å²) in [6.07, 6.45) is 2.70. The van der Waals surface area contributed by atoms with E-state index in [0.717, 1.165) is 17.2 Å². The molecule has 3 nitrogen and oxygen atoms in total. The number of nitrogens with zero attached hydrogens (tertiary/aromatic N) is 1. The fourth-order valence-corrected chi connectivity index (χ4v) is 1.13. The number of thioether (sulfide) groups is 1. The predicted octanol–water partition coefficient (Wildman–Crippen LogP) is 1.65. The lowest BCUT2D eigenvalue weighted by Gasteiger charge is -2.14. The van der Waals surface area contributed by atoms with Crippen molar-refractivity contribution in [2.45, 2.75) is 13.3 Å². The second kappa shape index (κ2) is 3.67. The van der Waals surface area contributed by atoms with Gasteiger partial charge in [0.2, 0.25) is 5.88 Å². The minimum Gasteiger partial charge on any atom is -0.493 e. The monoisotopic (exact) mass is 171 g/mol. The van der Waals surface area contributed by atoms with Crippen LogP contribution in [0, 0.1) is 6.54 Å². The molecule has 0 saturated carbocycles. The molecule has 1 radical (unpaired) electrons. The van der Waals surface area contributed by atoms with Gasteiger partial charge in [-0.15, -0.1) is 0 Å². The second-order valence-electron chi connectivity index (χ2n) is 2.11. The van der Waals surface area contributed by atoms with Crippen LogP contribution in [-0.4, -0.2) is 16.5 Å². The molecule has 1 aliphatic rings. The summed E-state index contributed by atoms with van der Waals surface area (Å²) < 4.78 is 0. The Morgan fingerprint density at radius 3 is 2.91 bits per heavy atom. The molecule has 11 heavy (non-hydrogen) atoms. The number of amidine groups is 1. The smallest absolute Gasteiger partial charge is 0.214 e. The number of hydrogen-bond donors (Lipinski definition) is 2. The molecule has 0 aromatic rings. The first-order valence-electron chi connectivity index (χ1n) is 3.42. The highest BCUT2D eigenvalue weighted by Gasteiger charge is 2.11. The van der Waals surface area contributed by atoms with Crippen LogP contribution < -0.4 is 5.32 Å². The zero-order chi connectivity index (χ0) is 8.27. The van der Waals surface area contributed by atoms with Crippen LogP contribution in [0.25, 0.3) is 0 Å². The van der Waals surface area contributed by atoms with Crippen LogP contribution in [-0.2, 0) is 0 Å². The minimum absolute atomic E-state index is 0.135. The molecule has 0 unspecified atom stereocenters. The lowest BCUT2D eigenvalue weighted by molar-refractivity contribution is 0.395. The van der Waals surface area contributed by atoms with E-state index in [2.05, 4.69) is 10.3 Å². The van der Waals surface area contributed by atoms with Gasteiger partial charge in [0.15, 0.2) is 5.17 Å². The number of aliphatic hydroxyl groups is 1. The summed E-state index contributed by atoms with van der Waals surface area (Å²) in [4.78, 5) is 3.93. The largest absolute Gasteiger partial charge is 0.493 e. The summed E-state index contributed by atoms with van der Waals surface area (Å²) in [5.74, 6) is 0.135. The third kappa shape index (κ3) is 1.89. The first-order chi connectivity index (χ1) is 5.27. The molecule has 0 aromatic carbocycles. The van der Waals surface area contributed by atoms with E-state index >= 15 is 0 Å². The summed E-state index contributed by atoms with van der Waals surface area (Å²) in [6.45, 7) is 3.76. The fourth-order valence-electron chi connectivity index (χ4n) is 0.778. The van der Waals surface area contributed by atoms with Gasteiger partial charge in [-0.2, -0.15) is 4.99 Å². The Kier molecular flexibility index (Phi) is 2.82. The van der Waals surface area contributed by atoms with E-state index in [-0.39, 0.29) is 5.88 Å². The number of aliphatic hydroxyl groups excluding tert-OH is 1. The molecule has 2 N–H and O–H groups in total. The lowest BCUT2D eigenvalue weighted by atomic mass is 10.2. The summed E-state index contributed by atoms with van der Waals surface area (Å²) in [6, 6.07) is 0. The fraction of sp³-hybridized carbons (Fsp3) is 0.429. The molecule has 0 atom stereocenters.